The fourth-order valence-electron chi connectivity index (χ4n) is 1.27. The molecule has 1 N–H and O–H groups in total. The topological polar surface area (TPSA) is 46.5 Å². The van der Waals surface area contributed by atoms with Gasteiger partial charge in [0.05, 0.1) is 12.9 Å². The lowest BCUT2D eigenvalue weighted by molar-refractivity contribution is -0.136. The third-order valence-corrected chi connectivity index (χ3v) is 2.13. The fourth-order valence-corrected chi connectivity index (χ4v) is 1.27. The molecule has 16 heavy (non-hydrogen) atoms. The molecule has 0 spiro atoms. The summed E-state index contributed by atoms with van der Waals surface area (Å²) in [5, 5.41) is 8.54. The van der Waals surface area contributed by atoms with Crippen molar-refractivity contribution >= 4 is 12.0 Å². The monoisotopic (exact) mass is 220 g/mol. The molecule has 0 aliphatic carbocycles. The van der Waals surface area contributed by atoms with E-state index in [2.05, 4.69) is 0 Å². The van der Waals surface area contributed by atoms with Crippen molar-refractivity contribution in [2.24, 2.45) is 0 Å². The molecule has 1 aromatic rings. The van der Waals surface area contributed by atoms with E-state index in [0.29, 0.717) is 13.0 Å². The Morgan fingerprint density at radius 2 is 2.06 bits per heavy atom. The van der Waals surface area contributed by atoms with Crippen LogP contribution in [-0.2, 0) is 16.0 Å². The number of carboxylic acids is 1. The summed E-state index contributed by atoms with van der Waals surface area (Å²) in [6, 6.07) is 7.78. The number of hydrogen-bond acceptors (Lipinski definition) is 2. The highest BCUT2D eigenvalue weighted by molar-refractivity contribution is 5.67. The Morgan fingerprint density at radius 3 is 2.62 bits per heavy atom. The zero-order valence-corrected chi connectivity index (χ0v) is 9.35. The minimum Gasteiger partial charge on any atom is -0.501 e. The summed E-state index contributed by atoms with van der Waals surface area (Å²) in [5.41, 5.74) is 2.09. The van der Waals surface area contributed by atoms with Crippen molar-refractivity contribution in [1.82, 2.24) is 0 Å². The average molecular weight is 220 g/mol. The minimum atomic E-state index is -0.764. The van der Waals surface area contributed by atoms with Crippen LogP contribution in [0.3, 0.4) is 0 Å². The van der Waals surface area contributed by atoms with Gasteiger partial charge in [-0.25, -0.2) is 0 Å². The Bertz CT molecular complexity index is 352. The number of carboxylic acid groups (broad SMARTS) is 1. The van der Waals surface area contributed by atoms with Gasteiger partial charge in [-0.2, -0.15) is 0 Å². The van der Waals surface area contributed by atoms with Crippen molar-refractivity contribution in [2.75, 3.05) is 6.61 Å². The molecule has 0 amide bonds. The van der Waals surface area contributed by atoms with E-state index in [1.165, 1.54) is 0 Å². The summed E-state index contributed by atoms with van der Waals surface area (Å²) in [7, 11) is 0. The summed E-state index contributed by atoms with van der Waals surface area (Å²) >= 11 is 0. The molecule has 0 radical (unpaired) electrons. The molecule has 3 heteroatoms. The van der Waals surface area contributed by atoms with E-state index in [1.807, 2.05) is 37.3 Å². The number of benzene rings is 1. The molecule has 1 aromatic carbocycles. The minimum absolute atomic E-state index is 0.175. The van der Waals surface area contributed by atoms with E-state index < -0.39 is 5.97 Å². The zero-order valence-electron chi connectivity index (χ0n) is 9.35. The number of hydrogen-bond donors (Lipinski definition) is 1. The summed E-state index contributed by atoms with van der Waals surface area (Å²) < 4.78 is 5.09. The molecule has 0 aliphatic rings. The van der Waals surface area contributed by atoms with Gasteiger partial charge in [0.15, 0.2) is 0 Å². The summed E-state index contributed by atoms with van der Waals surface area (Å²) in [6.45, 7) is 2.59. The van der Waals surface area contributed by atoms with Gasteiger partial charge in [-0.3, -0.25) is 4.79 Å². The zero-order chi connectivity index (χ0) is 11.8. The van der Waals surface area contributed by atoms with Gasteiger partial charge in [0.2, 0.25) is 0 Å². The summed E-state index contributed by atoms with van der Waals surface area (Å²) in [6.07, 6.45) is 4.29. The first-order valence-electron chi connectivity index (χ1n) is 5.31. The van der Waals surface area contributed by atoms with Crippen molar-refractivity contribution in [2.45, 2.75) is 19.8 Å². The molecule has 3 nitrogen and oxygen atoms in total. The molecule has 0 saturated heterocycles. The quantitative estimate of drug-likeness (QED) is 0.750. The molecule has 0 aromatic heterocycles. The van der Waals surface area contributed by atoms with Crippen LogP contribution < -0.4 is 0 Å². The molecular formula is C13H16O3. The van der Waals surface area contributed by atoms with Crippen LogP contribution in [-0.4, -0.2) is 17.7 Å². The van der Waals surface area contributed by atoms with Gasteiger partial charge >= 0.3 is 5.97 Å². The second-order valence-electron chi connectivity index (χ2n) is 3.39. The van der Waals surface area contributed by atoms with Crippen molar-refractivity contribution in [1.29, 1.82) is 0 Å². The van der Waals surface area contributed by atoms with Crippen LogP contribution in [0.2, 0.25) is 0 Å². The van der Waals surface area contributed by atoms with E-state index >= 15 is 0 Å². The van der Waals surface area contributed by atoms with Crippen molar-refractivity contribution in [3.8, 4) is 0 Å². The van der Waals surface area contributed by atoms with Gasteiger partial charge in [0.25, 0.3) is 0 Å². The highest BCUT2D eigenvalue weighted by atomic mass is 16.5. The predicted molar refractivity (Wildman–Crippen MR) is 63.1 cm³/mol. The molecule has 0 saturated carbocycles. The van der Waals surface area contributed by atoms with Gasteiger partial charge in [0.1, 0.15) is 0 Å². The maximum atomic E-state index is 10.4. The van der Waals surface area contributed by atoms with Crippen molar-refractivity contribution in [3.05, 3.63) is 41.7 Å². The standard InChI is InChI=1S/C13H16O3/c1-2-16-10-9-12-5-3-11(4-6-12)7-8-13(14)15/h3-6,9-10H,2,7-8H2,1H3,(H,14,15)/b10-9+. The Morgan fingerprint density at radius 1 is 1.38 bits per heavy atom. The highest BCUT2D eigenvalue weighted by Gasteiger charge is 1.98. The number of ether oxygens (including phenoxy) is 1. The molecule has 0 aliphatic heterocycles. The van der Waals surface area contributed by atoms with Crippen LogP contribution in [0.5, 0.6) is 0 Å². The van der Waals surface area contributed by atoms with Crippen LogP contribution in [0.4, 0.5) is 0 Å². The molecular weight excluding hydrogens is 204 g/mol. The maximum Gasteiger partial charge on any atom is 0.303 e. The lowest BCUT2D eigenvalue weighted by Crippen LogP contribution is -1.97. The van der Waals surface area contributed by atoms with E-state index in [-0.39, 0.29) is 6.42 Å². The van der Waals surface area contributed by atoms with Gasteiger partial charge in [-0.15, -0.1) is 0 Å². The number of rotatable bonds is 6. The van der Waals surface area contributed by atoms with E-state index in [4.69, 9.17) is 9.84 Å². The SMILES string of the molecule is CCO/C=C/c1ccc(CCC(=O)O)cc1. The maximum absolute atomic E-state index is 10.4. The Balaban J connectivity index is 2.50. The Labute approximate surface area is 95.4 Å². The third-order valence-electron chi connectivity index (χ3n) is 2.13. The first-order valence-corrected chi connectivity index (χ1v) is 5.31. The van der Waals surface area contributed by atoms with Gasteiger partial charge in [-0.1, -0.05) is 24.3 Å². The summed E-state index contributed by atoms with van der Waals surface area (Å²) in [4.78, 5) is 10.4. The second kappa shape index (κ2) is 6.67. The number of carbonyl (C=O) groups is 1. The molecule has 0 fully saturated rings. The van der Waals surface area contributed by atoms with Crippen molar-refractivity contribution < 1.29 is 14.6 Å². The van der Waals surface area contributed by atoms with Crippen LogP contribution in [0.15, 0.2) is 30.5 Å². The van der Waals surface area contributed by atoms with Crippen LogP contribution in [0, 0.1) is 0 Å². The first-order chi connectivity index (χ1) is 7.72. The average Bonchev–Trinajstić information content (AvgIpc) is 2.28. The molecule has 86 valence electrons. The molecule has 0 atom stereocenters. The van der Waals surface area contributed by atoms with Gasteiger partial charge < -0.3 is 9.84 Å². The molecule has 0 unspecified atom stereocenters. The lowest BCUT2D eigenvalue weighted by Gasteiger charge is -1.99. The fraction of sp³-hybridized carbons (Fsp3) is 0.308. The van der Waals surface area contributed by atoms with E-state index in [0.717, 1.165) is 11.1 Å². The Hall–Kier alpha value is -1.77. The number of aryl methyl sites for hydroxylation is 1. The largest absolute Gasteiger partial charge is 0.501 e. The van der Waals surface area contributed by atoms with E-state index in [9.17, 15) is 4.79 Å². The smallest absolute Gasteiger partial charge is 0.303 e. The predicted octanol–water partition coefficient (Wildman–Crippen LogP) is 2.71. The van der Waals surface area contributed by atoms with E-state index in [1.54, 1.807) is 6.26 Å². The van der Waals surface area contributed by atoms with Crippen molar-refractivity contribution in [3.63, 3.8) is 0 Å². The third kappa shape index (κ3) is 4.64. The van der Waals surface area contributed by atoms with Gasteiger partial charge in [0, 0.05) is 6.42 Å². The second-order valence-corrected chi connectivity index (χ2v) is 3.39. The molecule has 0 heterocycles. The van der Waals surface area contributed by atoms with Gasteiger partial charge in [-0.05, 0) is 30.5 Å². The normalized spacial score (nSPS) is 10.6. The Kier molecular flexibility index (Phi) is 5.12. The highest BCUT2D eigenvalue weighted by Crippen LogP contribution is 2.08. The van der Waals surface area contributed by atoms with Crippen LogP contribution in [0.1, 0.15) is 24.5 Å². The van der Waals surface area contributed by atoms with Crippen LogP contribution in [0.25, 0.3) is 6.08 Å². The summed E-state index contributed by atoms with van der Waals surface area (Å²) in [5.74, 6) is -0.764. The lowest BCUT2D eigenvalue weighted by atomic mass is 10.1. The molecule has 1 rings (SSSR count). The molecule has 0 bridgehead atoms. The van der Waals surface area contributed by atoms with Crippen LogP contribution >= 0.6 is 0 Å². The first kappa shape index (κ1) is 12.3. The number of aliphatic carboxylic acids is 1.